The molecule has 0 fully saturated rings. The van der Waals surface area contributed by atoms with Gasteiger partial charge in [-0.2, -0.15) is 0 Å². The van der Waals surface area contributed by atoms with E-state index in [1.165, 1.54) is 128 Å². The van der Waals surface area contributed by atoms with E-state index in [9.17, 15) is 0 Å². The minimum atomic E-state index is 0.721. The van der Waals surface area contributed by atoms with Gasteiger partial charge in [-0.15, -0.1) is 0 Å². The Morgan fingerprint density at radius 2 is 0.667 bits per heavy atom. The number of hydrogen-bond donors (Lipinski definition) is 0. The minimum absolute atomic E-state index is 0.721. The predicted octanol–water partition coefficient (Wildman–Crippen LogP) is 9.28. The van der Waals surface area contributed by atoms with Crippen LogP contribution in [0.15, 0.2) is 0 Å². The van der Waals surface area contributed by atoms with Crippen LogP contribution in [0, 0.1) is 12.8 Å². The van der Waals surface area contributed by atoms with Crippen molar-refractivity contribution in [2.75, 3.05) is 0 Å². The molecule has 145 valence electrons. The highest BCUT2D eigenvalue weighted by molar-refractivity contribution is 4.62. The molecular formula is C24H49. The molecule has 0 saturated carbocycles. The summed E-state index contributed by atoms with van der Waals surface area (Å²) in [6.45, 7) is 8.96. The first-order valence-corrected chi connectivity index (χ1v) is 11.6. The molecule has 0 heterocycles. The molecule has 1 atom stereocenters. The van der Waals surface area contributed by atoms with Gasteiger partial charge in [-0.05, 0) is 5.92 Å². The van der Waals surface area contributed by atoms with Crippen LogP contribution in [0.4, 0.5) is 0 Å². The Labute approximate surface area is 155 Å². The lowest BCUT2D eigenvalue weighted by Gasteiger charge is -2.11. The van der Waals surface area contributed by atoms with E-state index in [1.807, 2.05) is 0 Å². The van der Waals surface area contributed by atoms with Crippen molar-refractivity contribution in [1.29, 1.82) is 0 Å². The molecular weight excluding hydrogens is 288 g/mol. The van der Waals surface area contributed by atoms with Gasteiger partial charge in [0.25, 0.3) is 0 Å². The fourth-order valence-corrected chi connectivity index (χ4v) is 3.63. The van der Waals surface area contributed by atoms with Gasteiger partial charge < -0.3 is 0 Å². The Morgan fingerprint density at radius 1 is 0.417 bits per heavy atom. The largest absolute Gasteiger partial charge is 0.0654 e. The predicted molar refractivity (Wildman–Crippen MR) is 113 cm³/mol. The second kappa shape index (κ2) is 21.0. The first kappa shape index (κ1) is 24.0. The molecule has 0 aromatic carbocycles. The first-order chi connectivity index (χ1) is 11.8. The average molecular weight is 338 g/mol. The van der Waals surface area contributed by atoms with Gasteiger partial charge >= 0.3 is 0 Å². The number of unbranched alkanes of at least 4 members (excludes halogenated alkanes) is 16. The van der Waals surface area contributed by atoms with Crippen molar-refractivity contribution in [1.82, 2.24) is 0 Å². The summed E-state index contributed by atoms with van der Waals surface area (Å²) >= 11 is 0. The molecule has 0 spiro atoms. The number of rotatable bonds is 20. The van der Waals surface area contributed by atoms with Gasteiger partial charge in [-0.1, -0.05) is 149 Å². The summed E-state index contributed by atoms with van der Waals surface area (Å²) < 4.78 is 0. The van der Waals surface area contributed by atoms with Crippen molar-refractivity contribution in [3.63, 3.8) is 0 Å². The summed E-state index contributed by atoms with van der Waals surface area (Å²) in [5.41, 5.74) is 0. The maximum Gasteiger partial charge on any atom is -0.0414 e. The highest BCUT2D eigenvalue weighted by Crippen LogP contribution is 2.18. The average Bonchev–Trinajstić information content (AvgIpc) is 2.59. The monoisotopic (exact) mass is 337 g/mol. The Bertz CT molecular complexity index is 208. The van der Waals surface area contributed by atoms with Crippen LogP contribution in [0.5, 0.6) is 0 Å². The molecule has 0 saturated heterocycles. The summed E-state index contributed by atoms with van der Waals surface area (Å²) in [6, 6.07) is 0. The van der Waals surface area contributed by atoms with Crippen LogP contribution in [0.25, 0.3) is 0 Å². The zero-order chi connectivity index (χ0) is 17.7. The Kier molecular flexibility index (Phi) is 21.0. The molecule has 0 aliphatic carbocycles. The van der Waals surface area contributed by atoms with Crippen LogP contribution in [-0.2, 0) is 0 Å². The van der Waals surface area contributed by atoms with Crippen molar-refractivity contribution in [2.45, 2.75) is 142 Å². The zero-order valence-electron chi connectivity index (χ0n) is 17.4. The molecule has 24 heavy (non-hydrogen) atoms. The fraction of sp³-hybridized carbons (Fsp3) is 0.958. The highest BCUT2D eigenvalue weighted by atomic mass is 14.1. The van der Waals surface area contributed by atoms with Crippen molar-refractivity contribution < 1.29 is 0 Å². The van der Waals surface area contributed by atoms with Gasteiger partial charge in [0.2, 0.25) is 0 Å². The molecule has 0 nitrogen and oxygen atoms in total. The molecule has 0 rings (SSSR count). The van der Waals surface area contributed by atoms with Gasteiger partial charge in [-0.25, -0.2) is 0 Å². The summed E-state index contributed by atoms with van der Waals surface area (Å²) in [4.78, 5) is 0. The standard InChI is InChI=1S/C24H49/c1-4-6-8-10-12-14-15-17-19-21-23-24(3)22-20-18-16-13-11-9-7-5-2/h24H,3-23H2,1-2H3. The lowest BCUT2D eigenvalue weighted by Crippen LogP contribution is -1.95. The van der Waals surface area contributed by atoms with E-state index in [0.29, 0.717) is 0 Å². The second-order valence-corrected chi connectivity index (χ2v) is 8.10. The third kappa shape index (κ3) is 20.0. The van der Waals surface area contributed by atoms with Crippen LogP contribution in [0.3, 0.4) is 0 Å². The maximum atomic E-state index is 4.37. The third-order valence-electron chi connectivity index (χ3n) is 5.43. The Hall–Kier alpha value is 0. The Balaban J connectivity index is 3.11. The van der Waals surface area contributed by atoms with E-state index in [1.54, 1.807) is 0 Å². The first-order valence-electron chi connectivity index (χ1n) is 11.6. The van der Waals surface area contributed by atoms with E-state index in [4.69, 9.17) is 0 Å². The van der Waals surface area contributed by atoms with Crippen LogP contribution < -0.4 is 0 Å². The fourth-order valence-electron chi connectivity index (χ4n) is 3.63. The lowest BCUT2D eigenvalue weighted by molar-refractivity contribution is 0.460. The van der Waals surface area contributed by atoms with Crippen LogP contribution in [0.1, 0.15) is 142 Å². The maximum absolute atomic E-state index is 4.37. The smallest absolute Gasteiger partial charge is 0.0414 e. The van der Waals surface area contributed by atoms with Gasteiger partial charge in [0, 0.05) is 0 Å². The molecule has 0 aromatic heterocycles. The molecule has 0 amide bonds. The summed E-state index contributed by atoms with van der Waals surface area (Å²) in [5, 5.41) is 0. The van der Waals surface area contributed by atoms with Crippen molar-refractivity contribution in [3.8, 4) is 0 Å². The van der Waals surface area contributed by atoms with Crippen LogP contribution in [0.2, 0.25) is 0 Å². The summed E-state index contributed by atoms with van der Waals surface area (Å²) in [7, 11) is 0. The quantitative estimate of drug-likeness (QED) is 0.194. The van der Waals surface area contributed by atoms with Crippen LogP contribution in [-0.4, -0.2) is 0 Å². The molecule has 1 unspecified atom stereocenters. The zero-order valence-corrected chi connectivity index (χ0v) is 17.4. The van der Waals surface area contributed by atoms with Gasteiger partial charge in [0.1, 0.15) is 0 Å². The van der Waals surface area contributed by atoms with E-state index in [2.05, 4.69) is 20.8 Å². The molecule has 0 aromatic rings. The molecule has 0 heteroatoms. The van der Waals surface area contributed by atoms with Gasteiger partial charge in [0.05, 0.1) is 0 Å². The van der Waals surface area contributed by atoms with E-state index >= 15 is 0 Å². The molecule has 0 aliphatic heterocycles. The Morgan fingerprint density at radius 3 is 0.958 bits per heavy atom. The van der Waals surface area contributed by atoms with Crippen molar-refractivity contribution in [3.05, 3.63) is 6.92 Å². The van der Waals surface area contributed by atoms with Crippen molar-refractivity contribution >= 4 is 0 Å². The molecule has 0 bridgehead atoms. The van der Waals surface area contributed by atoms with E-state index in [-0.39, 0.29) is 0 Å². The molecule has 0 aliphatic rings. The van der Waals surface area contributed by atoms with Gasteiger partial charge in [-0.3, -0.25) is 0 Å². The molecule has 1 radical (unpaired) electrons. The van der Waals surface area contributed by atoms with Gasteiger partial charge in [0.15, 0.2) is 0 Å². The lowest BCUT2D eigenvalue weighted by atomic mass is 9.95. The third-order valence-corrected chi connectivity index (χ3v) is 5.43. The van der Waals surface area contributed by atoms with Crippen LogP contribution >= 0.6 is 0 Å². The SMILES string of the molecule is [CH2]C(CCCCCCCCCC)CCCCCCCCCCCC. The topological polar surface area (TPSA) is 0 Å². The summed E-state index contributed by atoms with van der Waals surface area (Å²) in [5.74, 6) is 0.721. The normalized spacial score (nSPS) is 12.6. The second-order valence-electron chi connectivity index (χ2n) is 8.10. The molecule has 0 N–H and O–H groups in total. The minimum Gasteiger partial charge on any atom is -0.0654 e. The number of hydrogen-bond acceptors (Lipinski definition) is 0. The van der Waals surface area contributed by atoms with E-state index < -0.39 is 0 Å². The summed E-state index contributed by atoms with van der Waals surface area (Å²) in [6.07, 6.45) is 28.6. The highest BCUT2D eigenvalue weighted by Gasteiger charge is 2.02. The van der Waals surface area contributed by atoms with Crippen molar-refractivity contribution in [2.24, 2.45) is 5.92 Å². The van der Waals surface area contributed by atoms with E-state index in [0.717, 1.165) is 5.92 Å².